The minimum atomic E-state index is 0. The second kappa shape index (κ2) is 14.6. The fourth-order valence-electron chi connectivity index (χ4n) is 1.56. The molecule has 0 aromatic rings. The molecule has 0 atom stereocenters. The van der Waals surface area contributed by atoms with Crippen LogP contribution in [0.4, 0.5) is 0 Å². The van der Waals surface area contributed by atoms with Gasteiger partial charge < -0.3 is 16.5 Å². The second-order valence-electron chi connectivity index (χ2n) is 3.83. The Balaban J connectivity index is 0. The van der Waals surface area contributed by atoms with Gasteiger partial charge in [0.2, 0.25) is 0 Å². The van der Waals surface area contributed by atoms with Crippen LogP contribution in [0.5, 0.6) is 0 Å². The van der Waals surface area contributed by atoms with Crippen LogP contribution < -0.4 is 0 Å². The van der Waals surface area contributed by atoms with E-state index in [1.165, 1.54) is 32.1 Å². The zero-order valence-electron chi connectivity index (χ0n) is 9.76. The fraction of sp³-hybridized carbons (Fsp3) is 1.00. The monoisotopic (exact) mass is 384 g/mol. The molecule has 0 aromatic carbocycles. The van der Waals surface area contributed by atoms with Gasteiger partial charge in [-0.05, 0) is 12.8 Å². The topological polar surface area (TPSA) is 56.8 Å². The standard InChI is InChI=1S/C6H12NO.C5H12N.W/c7-8-6-4-2-1-3-5-6;1-2-3-4-5-6;/h6-7H,1-5H2;6H,2-5H2,1H3;/q2*-1;+2. The first-order valence-corrected chi connectivity index (χ1v) is 5.82. The number of hydrogen-bond acceptors (Lipinski definition) is 1. The Morgan fingerprint density at radius 3 is 2.00 bits per heavy atom. The smallest absolute Gasteiger partial charge is 0.677 e. The van der Waals surface area contributed by atoms with Crippen LogP contribution in [0, 0.1) is 0 Å². The van der Waals surface area contributed by atoms with Crippen molar-refractivity contribution in [2.45, 2.75) is 64.4 Å². The van der Waals surface area contributed by atoms with Crippen molar-refractivity contribution >= 4 is 0 Å². The van der Waals surface area contributed by atoms with E-state index in [9.17, 15) is 0 Å². The molecule has 0 heterocycles. The number of unbranched alkanes of at least 4 members (excludes halogenated alkanes) is 2. The number of hydrogen-bond donors (Lipinski definition) is 0. The van der Waals surface area contributed by atoms with Gasteiger partial charge in [0.15, 0.2) is 0 Å². The predicted octanol–water partition coefficient (Wildman–Crippen LogP) is 4.53. The van der Waals surface area contributed by atoms with E-state index in [1.54, 1.807) is 0 Å². The van der Waals surface area contributed by atoms with Gasteiger partial charge in [-0.1, -0.05) is 45.4 Å². The Hall–Kier alpha value is 0.568. The quantitative estimate of drug-likeness (QED) is 0.519. The van der Waals surface area contributed by atoms with E-state index in [2.05, 4.69) is 11.8 Å². The molecule has 0 bridgehead atoms. The van der Waals surface area contributed by atoms with E-state index in [0.29, 0.717) is 6.54 Å². The van der Waals surface area contributed by atoms with Crippen LogP contribution in [-0.4, -0.2) is 12.6 Å². The first-order valence-electron chi connectivity index (χ1n) is 5.82. The molecular formula is C11H24N2OW. The van der Waals surface area contributed by atoms with E-state index in [0.717, 1.165) is 19.3 Å². The molecule has 1 fully saturated rings. The molecule has 15 heavy (non-hydrogen) atoms. The van der Waals surface area contributed by atoms with Crippen molar-refractivity contribution in [2.24, 2.45) is 0 Å². The molecule has 1 aliphatic carbocycles. The van der Waals surface area contributed by atoms with Crippen molar-refractivity contribution in [2.75, 3.05) is 6.54 Å². The van der Waals surface area contributed by atoms with Crippen LogP contribution in [0.2, 0.25) is 0 Å². The largest absolute Gasteiger partial charge is 2.00 e. The molecule has 0 radical (unpaired) electrons. The van der Waals surface area contributed by atoms with Gasteiger partial charge in [0, 0.05) is 6.10 Å². The van der Waals surface area contributed by atoms with Crippen molar-refractivity contribution in [3.05, 3.63) is 11.6 Å². The summed E-state index contributed by atoms with van der Waals surface area (Å²) in [7, 11) is 0. The molecule has 1 rings (SSSR count). The van der Waals surface area contributed by atoms with E-state index in [-0.39, 0.29) is 27.2 Å². The second-order valence-corrected chi connectivity index (χ2v) is 3.83. The van der Waals surface area contributed by atoms with Gasteiger partial charge in [0.1, 0.15) is 0 Å². The van der Waals surface area contributed by atoms with Gasteiger partial charge >= 0.3 is 21.1 Å². The van der Waals surface area contributed by atoms with Crippen LogP contribution in [0.1, 0.15) is 58.3 Å². The van der Waals surface area contributed by atoms with E-state index in [4.69, 9.17) is 11.6 Å². The molecular weight excluding hydrogens is 360 g/mol. The summed E-state index contributed by atoms with van der Waals surface area (Å²) in [5, 5.41) is 0. The van der Waals surface area contributed by atoms with Gasteiger partial charge in [0.25, 0.3) is 0 Å². The Bertz CT molecular complexity index is 105. The van der Waals surface area contributed by atoms with E-state index >= 15 is 0 Å². The third-order valence-corrected chi connectivity index (χ3v) is 2.50. The Morgan fingerprint density at radius 2 is 1.73 bits per heavy atom. The van der Waals surface area contributed by atoms with Gasteiger partial charge in [-0.15, -0.1) is 0 Å². The Kier molecular flexibility index (Phi) is 17.4. The van der Waals surface area contributed by atoms with Crippen LogP contribution in [0.15, 0.2) is 0 Å². The SMILES string of the molecule is CCCCC[NH-].[NH-]OC1CCCCC1.[W+2]. The van der Waals surface area contributed by atoms with Crippen molar-refractivity contribution in [3.63, 3.8) is 0 Å². The fourth-order valence-corrected chi connectivity index (χ4v) is 1.56. The molecule has 1 saturated carbocycles. The maximum absolute atomic E-state index is 6.71. The minimum absolute atomic E-state index is 0. The normalized spacial score (nSPS) is 16.2. The molecule has 90 valence electrons. The molecule has 0 unspecified atom stereocenters. The maximum atomic E-state index is 6.71. The molecule has 4 heteroatoms. The molecule has 0 aliphatic heterocycles. The molecule has 0 spiro atoms. The van der Waals surface area contributed by atoms with Gasteiger partial charge in [0.05, 0.1) is 0 Å². The zero-order chi connectivity index (χ0) is 10.6. The summed E-state index contributed by atoms with van der Waals surface area (Å²) in [5.41, 5.74) is 6.71. The van der Waals surface area contributed by atoms with Crippen molar-refractivity contribution < 1.29 is 25.9 Å². The Morgan fingerprint density at radius 1 is 1.13 bits per heavy atom. The summed E-state index contributed by atoms with van der Waals surface area (Å²) >= 11 is 0. The van der Waals surface area contributed by atoms with Crippen molar-refractivity contribution in [3.8, 4) is 0 Å². The van der Waals surface area contributed by atoms with Crippen molar-refractivity contribution in [1.29, 1.82) is 0 Å². The molecule has 2 N–H and O–H groups in total. The molecule has 0 saturated heterocycles. The van der Waals surface area contributed by atoms with Crippen LogP contribution in [0.25, 0.3) is 11.6 Å². The number of nitrogens with one attached hydrogen (secondary N) is 2. The van der Waals surface area contributed by atoms with Gasteiger partial charge in [-0.3, -0.25) is 0 Å². The molecule has 3 nitrogen and oxygen atoms in total. The van der Waals surface area contributed by atoms with Gasteiger partial charge in [-0.2, -0.15) is 6.54 Å². The first kappa shape index (κ1) is 17.9. The van der Waals surface area contributed by atoms with E-state index < -0.39 is 0 Å². The maximum Gasteiger partial charge on any atom is 2.00 e. The Labute approximate surface area is 109 Å². The van der Waals surface area contributed by atoms with E-state index in [1.807, 2.05) is 0 Å². The zero-order valence-corrected chi connectivity index (χ0v) is 12.7. The summed E-state index contributed by atoms with van der Waals surface area (Å²) < 4.78 is 0. The molecule has 1 aliphatic rings. The summed E-state index contributed by atoms with van der Waals surface area (Å²) in [5.74, 6) is 6.60. The average Bonchev–Trinajstić information content (AvgIpc) is 2.28. The molecule has 0 aromatic heterocycles. The van der Waals surface area contributed by atoms with Crippen LogP contribution in [-0.2, 0) is 25.9 Å². The van der Waals surface area contributed by atoms with Gasteiger partial charge in [-0.25, -0.2) is 0 Å². The summed E-state index contributed by atoms with van der Waals surface area (Å²) in [4.78, 5) is 4.44. The minimum Gasteiger partial charge on any atom is -0.677 e. The summed E-state index contributed by atoms with van der Waals surface area (Å²) in [6, 6.07) is 0. The number of rotatable bonds is 4. The third kappa shape index (κ3) is 12.5. The summed E-state index contributed by atoms with van der Waals surface area (Å²) in [6.45, 7) is 2.75. The third-order valence-electron chi connectivity index (χ3n) is 2.50. The average molecular weight is 384 g/mol. The predicted molar refractivity (Wildman–Crippen MR) is 61.0 cm³/mol. The molecule has 0 amide bonds. The summed E-state index contributed by atoms with van der Waals surface area (Å²) in [6.07, 6.45) is 9.84. The first-order chi connectivity index (χ1) is 6.85. The van der Waals surface area contributed by atoms with Crippen LogP contribution >= 0.6 is 0 Å². The van der Waals surface area contributed by atoms with Crippen LogP contribution in [0.3, 0.4) is 0 Å². The van der Waals surface area contributed by atoms with Crippen molar-refractivity contribution in [1.82, 2.24) is 0 Å².